The van der Waals surface area contributed by atoms with Crippen LogP contribution in [0.4, 0.5) is 8.78 Å². The Morgan fingerprint density at radius 3 is 2.25 bits per heavy atom. The molecule has 3 nitrogen and oxygen atoms in total. The van der Waals surface area contributed by atoms with Crippen molar-refractivity contribution in [2.45, 2.75) is 19.9 Å². The Bertz CT molecular complexity index is 439. The summed E-state index contributed by atoms with van der Waals surface area (Å²) >= 11 is 0. The highest BCUT2D eigenvalue weighted by atomic mass is 19.1. The molecule has 0 aliphatic carbocycles. The van der Waals surface area contributed by atoms with Gasteiger partial charge in [0.1, 0.15) is 11.6 Å². The van der Waals surface area contributed by atoms with Crippen LogP contribution in [0.2, 0.25) is 0 Å². The van der Waals surface area contributed by atoms with E-state index >= 15 is 0 Å². The number of nitrogens with one attached hydrogen (secondary N) is 1. The van der Waals surface area contributed by atoms with Crippen LogP contribution in [0.5, 0.6) is 0 Å². The number of rotatable bonds is 4. The summed E-state index contributed by atoms with van der Waals surface area (Å²) in [6, 6.07) is 3.41. The van der Waals surface area contributed by atoms with E-state index in [1.807, 2.05) is 13.8 Å². The molecule has 0 saturated carbocycles. The molecule has 1 saturated heterocycles. The highest BCUT2D eigenvalue weighted by Gasteiger charge is 2.36. The largest absolute Gasteiger partial charge is 0.396 e. The van der Waals surface area contributed by atoms with Crippen LogP contribution >= 0.6 is 0 Å². The topological polar surface area (TPSA) is 35.5 Å². The van der Waals surface area contributed by atoms with Gasteiger partial charge in [0.05, 0.1) is 0 Å². The maximum absolute atomic E-state index is 13.5. The first kappa shape index (κ1) is 15.4. The van der Waals surface area contributed by atoms with Crippen LogP contribution < -0.4 is 5.32 Å². The third-order valence-corrected chi connectivity index (χ3v) is 3.87. The van der Waals surface area contributed by atoms with E-state index in [1.54, 1.807) is 0 Å². The van der Waals surface area contributed by atoms with Crippen molar-refractivity contribution >= 4 is 0 Å². The molecule has 1 aromatic carbocycles. The molecule has 1 aromatic rings. The number of aliphatic hydroxyl groups excluding tert-OH is 1. The summed E-state index contributed by atoms with van der Waals surface area (Å²) in [7, 11) is 0. The van der Waals surface area contributed by atoms with Crippen LogP contribution in [-0.2, 0) is 0 Å². The number of benzene rings is 1. The van der Waals surface area contributed by atoms with E-state index in [4.69, 9.17) is 0 Å². The molecule has 20 heavy (non-hydrogen) atoms. The minimum atomic E-state index is -0.575. The van der Waals surface area contributed by atoms with E-state index < -0.39 is 17.0 Å². The molecule has 2 N–H and O–H groups in total. The minimum Gasteiger partial charge on any atom is -0.396 e. The van der Waals surface area contributed by atoms with Crippen molar-refractivity contribution in [2.75, 3.05) is 32.8 Å². The molecule has 0 spiro atoms. The SMILES string of the molecule is CC(C)(CO)[C@@H](c1cc(F)cc(F)c1)N1CCNCC1. The highest BCUT2D eigenvalue weighted by Crippen LogP contribution is 2.38. The van der Waals surface area contributed by atoms with Crippen LogP contribution in [0.15, 0.2) is 18.2 Å². The first-order chi connectivity index (χ1) is 9.44. The summed E-state index contributed by atoms with van der Waals surface area (Å²) in [5, 5.41) is 12.9. The second kappa shape index (κ2) is 6.16. The fourth-order valence-corrected chi connectivity index (χ4v) is 2.92. The summed E-state index contributed by atoms with van der Waals surface area (Å²) in [4.78, 5) is 2.18. The normalized spacial score (nSPS) is 19.1. The molecule has 5 heteroatoms. The Morgan fingerprint density at radius 2 is 1.75 bits per heavy atom. The first-order valence-corrected chi connectivity index (χ1v) is 6.95. The Kier molecular flexibility index (Phi) is 4.73. The van der Waals surface area contributed by atoms with E-state index in [0.717, 1.165) is 32.2 Å². The number of halogens is 2. The average molecular weight is 284 g/mol. The molecule has 0 aromatic heterocycles. The van der Waals surface area contributed by atoms with Crippen LogP contribution in [0.25, 0.3) is 0 Å². The molecule has 1 atom stereocenters. The van der Waals surface area contributed by atoms with Gasteiger partial charge in [-0.05, 0) is 17.7 Å². The van der Waals surface area contributed by atoms with Gasteiger partial charge in [0, 0.05) is 50.3 Å². The molecule has 1 fully saturated rings. The predicted octanol–water partition coefficient (Wildman–Crippen LogP) is 1.93. The van der Waals surface area contributed by atoms with Gasteiger partial charge in [0.25, 0.3) is 0 Å². The molecule has 112 valence electrons. The minimum absolute atomic E-state index is 0.0419. The average Bonchev–Trinajstić information content (AvgIpc) is 2.39. The zero-order valence-electron chi connectivity index (χ0n) is 12.0. The Labute approximate surface area is 118 Å². The third-order valence-electron chi connectivity index (χ3n) is 3.87. The molecule has 0 amide bonds. The number of aliphatic hydroxyl groups is 1. The lowest BCUT2D eigenvalue weighted by molar-refractivity contribution is 0.0302. The molecule has 0 bridgehead atoms. The first-order valence-electron chi connectivity index (χ1n) is 6.95. The molecular weight excluding hydrogens is 262 g/mol. The summed E-state index contributed by atoms with van der Waals surface area (Å²) in [6.07, 6.45) is 0. The quantitative estimate of drug-likeness (QED) is 0.887. The molecule has 2 rings (SSSR count). The number of nitrogens with zero attached hydrogens (tertiary/aromatic N) is 1. The molecule has 1 heterocycles. The van der Waals surface area contributed by atoms with Crippen LogP contribution in [0.3, 0.4) is 0 Å². The fraction of sp³-hybridized carbons (Fsp3) is 0.600. The van der Waals surface area contributed by atoms with Crippen molar-refractivity contribution in [3.8, 4) is 0 Å². The summed E-state index contributed by atoms with van der Waals surface area (Å²) in [6.45, 7) is 7.08. The lowest BCUT2D eigenvalue weighted by Crippen LogP contribution is -2.49. The summed E-state index contributed by atoms with van der Waals surface area (Å²) in [5.74, 6) is -1.15. The van der Waals surface area contributed by atoms with Crippen LogP contribution in [0.1, 0.15) is 25.5 Å². The van der Waals surface area contributed by atoms with Crippen molar-refractivity contribution in [1.82, 2.24) is 10.2 Å². The monoisotopic (exact) mass is 284 g/mol. The van der Waals surface area contributed by atoms with Crippen molar-refractivity contribution in [1.29, 1.82) is 0 Å². The van der Waals surface area contributed by atoms with E-state index in [2.05, 4.69) is 10.2 Å². The molecule has 0 radical (unpaired) electrons. The van der Waals surface area contributed by atoms with Gasteiger partial charge < -0.3 is 10.4 Å². The lowest BCUT2D eigenvalue weighted by Gasteiger charge is -2.43. The second-order valence-electron chi connectivity index (χ2n) is 6.04. The van der Waals surface area contributed by atoms with Gasteiger partial charge in [-0.3, -0.25) is 4.90 Å². The Hall–Kier alpha value is -1.04. The van der Waals surface area contributed by atoms with Crippen LogP contribution in [0, 0.1) is 17.0 Å². The molecular formula is C15H22F2N2O. The van der Waals surface area contributed by atoms with Gasteiger partial charge in [-0.25, -0.2) is 8.78 Å². The van der Waals surface area contributed by atoms with E-state index in [1.165, 1.54) is 12.1 Å². The summed E-state index contributed by atoms with van der Waals surface area (Å²) < 4.78 is 27.0. The highest BCUT2D eigenvalue weighted by molar-refractivity contribution is 5.24. The van der Waals surface area contributed by atoms with Gasteiger partial charge in [-0.2, -0.15) is 0 Å². The second-order valence-corrected chi connectivity index (χ2v) is 6.04. The number of piperazine rings is 1. The van der Waals surface area contributed by atoms with Crippen molar-refractivity contribution < 1.29 is 13.9 Å². The van der Waals surface area contributed by atoms with Gasteiger partial charge in [-0.15, -0.1) is 0 Å². The fourth-order valence-electron chi connectivity index (χ4n) is 2.92. The molecule has 1 aliphatic heterocycles. The van der Waals surface area contributed by atoms with Gasteiger partial charge in [0.2, 0.25) is 0 Å². The Balaban J connectivity index is 2.39. The molecule has 0 unspecified atom stereocenters. The molecule has 1 aliphatic rings. The van der Waals surface area contributed by atoms with Gasteiger partial charge >= 0.3 is 0 Å². The smallest absolute Gasteiger partial charge is 0.126 e. The van der Waals surface area contributed by atoms with E-state index in [9.17, 15) is 13.9 Å². The van der Waals surface area contributed by atoms with Gasteiger partial charge in [0.15, 0.2) is 0 Å². The maximum Gasteiger partial charge on any atom is 0.126 e. The Morgan fingerprint density at radius 1 is 1.20 bits per heavy atom. The zero-order valence-corrected chi connectivity index (χ0v) is 12.0. The predicted molar refractivity (Wildman–Crippen MR) is 74.4 cm³/mol. The third kappa shape index (κ3) is 3.34. The van der Waals surface area contributed by atoms with Crippen molar-refractivity contribution in [2.24, 2.45) is 5.41 Å². The van der Waals surface area contributed by atoms with Crippen molar-refractivity contribution in [3.05, 3.63) is 35.4 Å². The standard InChI is InChI=1S/C15H22F2N2O/c1-15(2,10-20)14(19-5-3-18-4-6-19)11-7-12(16)9-13(17)8-11/h7-9,14,18,20H,3-6,10H2,1-2H3/t14-/m1/s1. The van der Waals surface area contributed by atoms with E-state index in [-0.39, 0.29) is 12.6 Å². The van der Waals surface area contributed by atoms with Crippen LogP contribution in [-0.4, -0.2) is 42.8 Å². The number of hydrogen-bond acceptors (Lipinski definition) is 3. The number of hydrogen-bond donors (Lipinski definition) is 2. The lowest BCUT2D eigenvalue weighted by atomic mass is 9.79. The zero-order chi connectivity index (χ0) is 14.8. The summed E-state index contributed by atoms with van der Waals surface area (Å²) in [5.41, 5.74) is 0.112. The van der Waals surface area contributed by atoms with Gasteiger partial charge in [-0.1, -0.05) is 13.8 Å². The maximum atomic E-state index is 13.5. The van der Waals surface area contributed by atoms with Crippen molar-refractivity contribution in [3.63, 3.8) is 0 Å². The van der Waals surface area contributed by atoms with E-state index in [0.29, 0.717) is 5.56 Å².